The third kappa shape index (κ3) is 3.30. The SMILES string of the molecule is CC(C)c1nc(C(=O)N(C)CCO)nn1-c1cccc(F)c1. The first kappa shape index (κ1) is 16.1. The highest BCUT2D eigenvalue weighted by atomic mass is 19.1. The van der Waals surface area contributed by atoms with Crippen LogP contribution in [0.25, 0.3) is 5.69 Å². The number of aromatic nitrogens is 3. The Kier molecular flexibility index (Phi) is 4.87. The predicted octanol–water partition coefficient (Wildman–Crippen LogP) is 1.59. The van der Waals surface area contributed by atoms with E-state index in [9.17, 15) is 9.18 Å². The molecule has 0 radical (unpaired) electrons. The molecule has 1 heterocycles. The number of carbonyl (C=O) groups excluding carboxylic acids is 1. The van der Waals surface area contributed by atoms with E-state index in [0.717, 1.165) is 0 Å². The molecule has 6 nitrogen and oxygen atoms in total. The fraction of sp³-hybridized carbons (Fsp3) is 0.400. The van der Waals surface area contributed by atoms with Crippen LogP contribution in [0.2, 0.25) is 0 Å². The molecule has 0 atom stereocenters. The summed E-state index contributed by atoms with van der Waals surface area (Å²) in [6.45, 7) is 3.91. The highest BCUT2D eigenvalue weighted by Crippen LogP contribution is 2.18. The Balaban J connectivity index is 2.44. The first-order valence-electron chi connectivity index (χ1n) is 7.03. The molecule has 7 heteroatoms. The van der Waals surface area contributed by atoms with Crippen LogP contribution in [0.1, 0.15) is 36.2 Å². The Morgan fingerprint density at radius 3 is 2.77 bits per heavy atom. The molecule has 1 amide bonds. The van der Waals surface area contributed by atoms with Gasteiger partial charge in [-0.15, -0.1) is 5.10 Å². The minimum absolute atomic E-state index is 0.0143. The van der Waals surface area contributed by atoms with Crippen molar-refractivity contribution in [2.24, 2.45) is 0 Å². The van der Waals surface area contributed by atoms with Crippen LogP contribution in [0.5, 0.6) is 0 Å². The maximum Gasteiger partial charge on any atom is 0.293 e. The third-order valence-electron chi connectivity index (χ3n) is 3.17. The van der Waals surface area contributed by atoms with E-state index in [1.807, 2.05) is 13.8 Å². The molecule has 0 aliphatic rings. The molecular weight excluding hydrogens is 287 g/mol. The van der Waals surface area contributed by atoms with Gasteiger partial charge in [0.05, 0.1) is 12.3 Å². The summed E-state index contributed by atoms with van der Waals surface area (Å²) in [6.07, 6.45) is 0. The third-order valence-corrected chi connectivity index (χ3v) is 3.17. The van der Waals surface area contributed by atoms with Gasteiger partial charge in [0.2, 0.25) is 5.82 Å². The predicted molar refractivity (Wildman–Crippen MR) is 79.5 cm³/mol. The van der Waals surface area contributed by atoms with Crippen molar-refractivity contribution in [1.82, 2.24) is 19.7 Å². The molecule has 22 heavy (non-hydrogen) atoms. The summed E-state index contributed by atoms with van der Waals surface area (Å²) < 4.78 is 14.9. The van der Waals surface area contributed by atoms with Gasteiger partial charge in [0.15, 0.2) is 0 Å². The molecular formula is C15H19FN4O2. The van der Waals surface area contributed by atoms with E-state index >= 15 is 0 Å². The van der Waals surface area contributed by atoms with Crippen LogP contribution in [0.15, 0.2) is 24.3 Å². The molecule has 0 aliphatic carbocycles. The zero-order valence-electron chi connectivity index (χ0n) is 12.8. The maximum absolute atomic E-state index is 13.4. The topological polar surface area (TPSA) is 71.2 Å². The smallest absolute Gasteiger partial charge is 0.293 e. The molecule has 0 saturated heterocycles. The van der Waals surface area contributed by atoms with Crippen LogP contribution < -0.4 is 0 Å². The van der Waals surface area contributed by atoms with Crippen LogP contribution in [0.4, 0.5) is 4.39 Å². The number of hydrogen-bond donors (Lipinski definition) is 1. The molecule has 0 spiro atoms. The number of halogens is 1. The number of nitrogens with zero attached hydrogens (tertiary/aromatic N) is 4. The van der Waals surface area contributed by atoms with Crippen LogP contribution in [-0.2, 0) is 0 Å². The van der Waals surface area contributed by atoms with E-state index < -0.39 is 0 Å². The highest BCUT2D eigenvalue weighted by Gasteiger charge is 2.21. The second-order valence-electron chi connectivity index (χ2n) is 5.29. The van der Waals surface area contributed by atoms with Crippen molar-refractivity contribution < 1.29 is 14.3 Å². The number of carbonyl (C=O) groups is 1. The number of benzene rings is 1. The number of hydrogen-bond acceptors (Lipinski definition) is 4. The van der Waals surface area contributed by atoms with Gasteiger partial charge in [-0.05, 0) is 18.2 Å². The Morgan fingerprint density at radius 2 is 2.18 bits per heavy atom. The summed E-state index contributed by atoms with van der Waals surface area (Å²) in [4.78, 5) is 17.8. The van der Waals surface area contributed by atoms with Gasteiger partial charge in [-0.3, -0.25) is 4.79 Å². The fourth-order valence-electron chi connectivity index (χ4n) is 2.01. The van der Waals surface area contributed by atoms with E-state index in [1.54, 1.807) is 19.2 Å². The molecule has 0 bridgehead atoms. The van der Waals surface area contributed by atoms with Gasteiger partial charge in [0, 0.05) is 19.5 Å². The molecule has 1 aromatic heterocycles. The van der Waals surface area contributed by atoms with Crippen LogP contribution >= 0.6 is 0 Å². The van der Waals surface area contributed by atoms with E-state index in [4.69, 9.17) is 5.11 Å². The largest absolute Gasteiger partial charge is 0.395 e. The van der Waals surface area contributed by atoms with Gasteiger partial charge in [0.25, 0.3) is 5.91 Å². The number of rotatable bonds is 5. The second-order valence-corrected chi connectivity index (χ2v) is 5.29. The van der Waals surface area contributed by atoms with Gasteiger partial charge in [-0.25, -0.2) is 14.1 Å². The van der Waals surface area contributed by atoms with Crippen molar-refractivity contribution in [3.05, 3.63) is 41.7 Å². The fourth-order valence-corrected chi connectivity index (χ4v) is 2.01. The van der Waals surface area contributed by atoms with Gasteiger partial charge in [-0.1, -0.05) is 19.9 Å². The van der Waals surface area contributed by atoms with Crippen molar-refractivity contribution in [2.45, 2.75) is 19.8 Å². The monoisotopic (exact) mass is 306 g/mol. The Labute approximate surface area is 128 Å². The average Bonchev–Trinajstić information content (AvgIpc) is 2.92. The minimum atomic E-state index is -0.383. The zero-order chi connectivity index (χ0) is 16.3. The van der Waals surface area contributed by atoms with Crippen LogP contribution in [0.3, 0.4) is 0 Å². The Bertz CT molecular complexity index is 669. The van der Waals surface area contributed by atoms with Gasteiger partial charge in [0.1, 0.15) is 11.6 Å². The van der Waals surface area contributed by atoms with Crippen molar-refractivity contribution >= 4 is 5.91 Å². The molecule has 2 rings (SSSR count). The quantitative estimate of drug-likeness (QED) is 0.910. The molecule has 1 N–H and O–H groups in total. The number of aliphatic hydroxyl groups is 1. The Hall–Kier alpha value is -2.28. The van der Waals surface area contributed by atoms with E-state index in [-0.39, 0.29) is 36.6 Å². The summed E-state index contributed by atoms with van der Waals surface area (Å²) in [5, 5.41) is 13.1. The molecule has 118 valence electrons. The second kappa shape index (κ2) is 6.65. The summed E-state index contributed by atoms with van der Waals surface area (Å²) in [6, 6.07) is 5.97. The summed E-state index contributed by atoms with van der Waals surface area (Å²) in [7, 11) is 1.57. The lowest BCUT2D eigenvalue weighted by Gasteiger charge is -2.12. The molecule has 0 fully saturated rings. The first-order valence-corrected chi connectivity index (χ1v) is 7.03. The standard InChI is InChI=1S/C15H19FN4O2/c1-10(2)14-17-13(15(22)19(3)7-8-21)18-20(14)12-6-4-5-11(16)9-12/h4-6,9-10,21H,7-8H2,1-3H3. The number of likely N-dealkylation sites (N-methyl/N-ethyl adjacent to an activating group) is 1. The molecule has 2 aromatic rings. The van der Waals surface area contributed by atoms with E-state index in [0.29, 0.717) is 11.5 Å². The lowest BCUT2D eigenvalue weighted by atomic mass is 10.2. The molecule has 0 aliphatic heterocycles. The molecule has 1 aromatic carbocycles. The minimum Gasteiger partial charge on any atom is -0.395 e. The van der Waals surface area contributed by atoms with Crippen LogP contribution in [-0.4, -0.2) is 50.9 Å². The number of amides is 1. The lowest BCUT2D eigenvalue weighted by molar-refractivity contribution is 0.0755. The Morgan fingerprint density at radius 1 is 1.45 bits per heavy atom. The summed E-state index contributed by atoms with van der Waals surface area (Å²) in [5.41, 5.74) is 0.514. The first-order chi connectivity index (χ1) is 10.4. The van der Waals surface area contributed by atoms with Crippen LogP contribution in [0, 0.1) is 5.82 Å². The molecule has 0 saturated carbocycles. The highest BCUT2D eigenvalue weighted by molar-refractivity contribution is 5.90. The van der Waals surface area contributed by atoms with Crippen molar-refractivity contribution in [2.75, 3.05) is 20.2 Å². The average molecular weight is 306 g/mol. The van der Waals surface area contributed by atoms with Gasteiger partial charge < -0.3 is 10.0 Å². The zero-order valence-corrected chi connectivity index (χ0v) is 12.8. The van der Waals surface area contributed by atoms with E-state index in [1.165, 1.54) is 21.7 Å². The molecule has 0 unspecified atom stereocenters. The van der Waals surface area contributed by atoms with Crippen molar-refractivity contribution in [3.63, 3.8) is 0 Å². The van der Waals surface area contributed by atoms with Gasteiger partial charge in [-0.2, -0.15) is 0 Å². The van der Waals surface area contributed by atoms with Crippen molar-refractivity contribution in [1.29, 1.82) is 0 Å². The number of aliphatic hydroxyl groups excluding tert-OH is 1. The normalized spacial score (nSPS) is 11.0. The maximum atomic E-state index is 13.4. The lowest BCUT2D eigenvalue weighted by Crippen LogP contribution is -2.30. The van der Waals surface area contributed by atoms with E-state index in [2.05, 4.69) is 10.1 Å². The summed E-state index contributed by atoms with van der Waals surface area (Å²) in [5.74, 6) is -0.144. The van der Waals surface area contributed by atoms with Gasteiger partial charge >= 0.3 is 0 Å². The van der Waals surface area contributed by atoms with Crippen molar-refractivity contribution in [3.8, 4) is 5.69 Å². The summed E-state index contributed by atoms with van der Waals surface area (Å²) >= 11 is 0.